The lowest BCUT2D eigenvalue weighted by Gasteiger charge is -2.30. The maximum Gasteiger partial charge on any atom is 0.294 e. The molecule has 112 valence electrons. The van der Waals surface area contributed by atoms with Gasteiger partial charge in [0.05, 0.1) is 18.0 Å². The molecule has 6 heteroatoms. The molecule has 0 saturated carbocycles. The molecule has 1 amide bonds. The van der Waals surface area contributed by atoms with Crippen molar-refractivity contribution < 1.29 is 14.6 Å². The number of rotatable bonds is 3. The first-order valence-electron chi connectivity index (χ1n) is 6.82. The van der Waals surface area contributed by atoms with Gasteiger partial charge in [-0.25, -0.2) is 0 Å². The van der Waals surface area contributed by atoms with Crippen molar-refractivity contribution in [3.63, 3.8) is 0 Å². The highest BCUT2D eigenvalue weighted by Crippen LogP contribution is 2.36. The highest BCUT2D eigenvalue weighted by molar-refractivity contribution is 6.10. The average Bonchev–Trinajstić information content (AvgIpc) is 2.53. The molecule has 3 rings (SSSR count). The molecule has 0 spiro atoms. The van der Waals surface area contributed by atoms with E-state index in [1.165, 1.54) is 4.90 Å². The second-order valence-electron chi connectivity index (χ2n) is 4.77. The third-order valence-electron chi connectivity index (χ3n) is 3.24. The van der Waals surface area contributed by atoms with E-state index < -0.39 is 0 Å². The van der Waals surface area contributed by atoms with Crippen LogP contribution in [0.2, 0.25) is 0 Å². The number of aromatic nitrogens is 1. The summed E-state index contributed by atoms with van der Waals surface area (Å²) in [7, 11) is 0. The fourth-order valence-electron chi connectivity index (χ4n) is 2.25. The standard InChI is InChI=1S/C16H15N3O3/c17-11-4-5-14-13(9-11)19(7-8-20)16(21)15(22-14)10-12-3-1-2-6-18-12/h1-6,9-10,20H,7-8,17H2/b15-10+. The molecule has 0 fully saturated rings. The van der Waals surface area contributed by atoms with Crippen molar-refractivity contribution in [2.75, 3.05) is 23.8 Å². The van der Waals surface area contributed by atoms with Crippen molar-refractivity contribution in [3.8, 4) is 5.75 Å². The normalized spacial score (nSPS) is 15.6. The molecular weight excluding hydrogens is 282 g/mol. The Morgan fingerprint density at radius 3 is 2.91 bits per heavy atom. The van der Waals surface area contributed by atoms with E-state index in [-0.39, 0.29) is 24.8 Å². The van der Waals surface area contributed by atoms with Gasteiger partial charge >= 0.3 is 0 Å². The van der Waals surface area contributed by atoms with Gasteiger partial charge in [-0.2, -0.15) is 0 Å². The lowest BCUT2D eigenvalue weighted by Crippen LogP contribution is -2.39. The van der Waals surface area contributed by atoms with Crippen LogP contribution in [0.4, 0.5) is 11.4 Å². The Labute approximate surface area is 127 Å². The van der Waals surface area contributed by atoms with Gasteiger partial charge in [0.1, 0.15) is 0 Å². The molecule has 0 radical (unpaired) electrons. The Hall–Kier alpha value is -2.86. The number of ether oxygens (including phenoxy) is 1. The monoisotopic (exact) mass is 297 g/mol. The SMILES string of the molecule is Nc1ccc2c(c1)N(CCO)C(=O)/C(=C\c1ccccn1)O2. The number of pyridine rings is 1. The highest BCUT2D eigenvalue weighted by atomic mass is 16.5. The predicted molar refractivity (Wildman–Crippen MR) is 83.1 cm³/mol. The van der Waals surface area contributed by atoms with Crippen molar-refractivity contribution >= 4 is 23.4 Å². The number of aliphatic hydroxyl groups is 1. The van der Waals surface area contributed by atoms with E-state index in [4.69, 9.17) is 10.5 Å². The lowest BCUT2D eigenvalue weighted by molar-refractivity contribution is -0.117. The number of fused-ring (bicyclic) bond motifs is 1. The molecular formula is C16H15N3O3. The quantitative estimate of drug-likeness (QED) is 0.661. The first-order chi connectivity index (χ1) is 10.7. The summed E-state index contributed by atoms with van der Waals surface area (Å²) in [6.07, 6.45) is 3.21. The number of nitrogens with zero attached hydrogens (tertiary/aromatic N) is 2. The number of anilines is 2. The Bertz CT molecular complexity index is 729. The topological polar surface area (TPSA) is 88.7 Å². The molecule has 1 aromatic heterocycles. The van der Waals surface area contributed by atoms with Crippen LogP contribution in [0.1, 0.15) is 5.69 Å². The van der Waals surface area contributed by atoms with Gasteiger partial charge in [0.2, 0.25) is 0 Å². The number of hydrogen-bond donors (Lipinski definition) is 2. The Balaban J connectivity index is 2.04. The Kier molecular flexibility index (Phi) is 3.76. The minimum Gasteiger partial charge on any atom is -0.449 e. The van der Waals surface area contributed by atoms with Crippen LogP contribution in [0.15, 0.2) is 48.4 Å². The number of carbonyl (C=O) groups is 1. The molecule has 6 nitrogen and oxygen atoms in total. The third-order valence-corrected chi connectivity index (χ3v) is 3.24. The molecule has 2 aromatic rings. The van der Waals surface area contributed by atoms with E-state index in [0.29, 0.717) is 22.8 Å². The van der Waals surface area contributed by atoms with Crippen LogP contribution in [-0.4, -0.2) is 29.1 Å². The van der Waals surface area contributed by atoms with E-state index in [9.17, 15) is 9.90 Å². The fourth-order valence-corrected chi connectivity index (χ4v) is 2.25. The maximum absolute atomic E-state index is 12.5. The zero-order valence-electron chi connectivity index (χ0n) is 11.8. The number of β-amino-alcohol motifs (C(OH)–C–C–N with tert-alkyl or cyclic N) is 1. The molecule has 2 heterocycles. The van der Waals surface area contributed by atoms with Crippen LogP contribution in [0.25, 0.3) is 6.08 Å². The van der Waals surface area contributed by atoms with E-state index in [1.54, 1.807) is 42.6 Å². The molecule has 0 unspecified atom stereocenters. The molecule has 0 aliphatic carbocycles. The van der Waals surface area contributed by atoms with Crippen molar-refractivity contribution in [2.24, 2.45) is 0 Å². The van der Waals surface area contributed by atoms with E-state index in [2.05, 4.69) is 4.98 Å². The molecule has 3 N–H and O–H groups in total. The molecule has 1 aliphatic heterocycles. The minimum absolute atomic E-state index is 0.156. The van der Waals surface area contributed by atoms with Gasteiger partial charge in [-0.05, 0) is 30.3 Å². The summed E-state index contributed by atoms with van der Waals surface area (Å²) < 4.78 is 5.67. The zero-order valence-corrected chi connectivity index (χ0v) is 11.8. The number of aliphatic hydroxyl groups excluding tert-OH is 1. The van der Waals surface area contributed by atoms with Crippen molar-refractivity contribution in [1.29, 1.82) is 0 Å². The van der Waals surface area contributed by atoms with E-state index in [0.717, 1.165) is 0 Å². The number of nitrogen functional groups attached to an aromatic ring is 1. The minimum atomic E-state index is -0.335. The smallest absolute Gasteiger partial charge is 0.294 e. The van der Waals surface area contributed by atoms with Gasteiger partial charge in [-0.3, -0.25) is 14.7 Å². The molecule has 1 aromatic carbocycles. The molecule has 0 saturated heterocycles. The summed E-state index contributed by atoms with van der Waals surface area (Å²) in [6.45, 7) is 0.00898. The maximum atomic E-state index is 12.5. The summed E-state index contributed by atoms with van der Waals surface area (Å²) in [5, 5.41) is 9.21. The largest absolute Gasteiger partial charge is 0.449 e. The van der Waals surface area contributed by atoms with Crippen LogP contribution in [0.3, 0.4) is 0 Å². The highest BCUT2D eigenvalue weighted by Gasteiger charge is 2.30. The summed E-state index contributed by atoms with van der Waals surface area (Å²) in [4.78, 5) is 18.1. The van der Waals surface area contributed by atoms with Crippen molar-refractivity contribution in [2.45, 2.75) is 0 Å². The van der Waals surface area contributed by atoms with Crippen LogP contribution in [0, 0.1) is 0 Å². The molecule has 0 bridgehead atoms. The Morgan fingerprint density at radius 1 is 1.32 bits per heavy atom. The summed E-state index contributed by atoms with van der Waals surface area (Å²) in [5.74, 6) is 0.339. The van der Waals surface area contributed by atoms with Gasteiger partial charge in [-0.15, -0.1) is 0 Å². The summed E-state index contributed by atoms with van der Waals surface area (Å²) >= 11 is 0. The van der Waals surface area contributed by atoms with E-state index in [1.807, 2.05) is 6.07 Å². The molecule has 22 heavy (non-hydrogen) atoms. The number of hydrogen-bond acceptors (Lipinski definition) is 5. The van der Waals surface area contributed by atoms with Gasteiger partial charge in [-0.1, -0.05) is 6.07 Å². The van der Waals surface area contributed by atoms with Gasteiger partial charge in [0, 0.05) is 24.5 Å². The number of amides is 1. The average molecular weight is 297 g/mol. The van der Waals surface area contributed by atoms with E-state index >= 15 is 0 Å². The number of benzene rings is 1. The Morgan fingerprint density at radius 2 is 2.18 bits per heavy atom. The molecule has 0 atom stereocenters. The number of nitrogens with two attached hydrogens (primary N) is 1. The zero-order chi connectivity index (χ0) is 15.5. The van der Waals surface area contributed by atoms with Crippen LogP contribution >= 0.6 is 0 Å². The first-order valence-corrected chi connectivity index (χ1v) is 6.82. The van der Waals surface area contributed by atoms with Crippen LogP contribution in [-0.2, 0) is 4.79 Å². The van der Waals surface area contributed by atoms with Gasteiger partial charge < -0.3 is 15.6 Å². The van der Waals surface area contributed by atoms with Gasteiger partial charge in [0.25, 0.3) is 5.91 Å². The number of carbonyl (C=O) groups excluding carboxylic acids is 1. The van der Waals surface area contributed by atoms with Crippen molar-refractivity contribution in [1.82, 2.24) is 4.98 Å². The fraction of sp³-hybridized carbons (Fsp3) is 0.125. The molecule has 1 aliphatic rings. The predicted octanol–water partition coefficient (Wildman–Crippen LogP) is 1.42. The summed E-state index contributed by atoms with van der Waals surface area (Å²) in [5.41, 5.74) is 7.46. The van der Waals surface area contributed by atoms with Gasteiger partial charge in [0.15, 0.2) is 11.5 Å². The third kappa shape index (κ3) is 2.64. The second-order valence-corrected chi connectivity index (χ2v) is 4.77. The second kappa shape index (κ2) is 5.87. The lowest BCUT2D eigenvalue weighted by atomic mass is 10.2. The first kappa shape index (κ1) is 14.1. The van der Waals surface area contributed by atoms with Crippen LogP contribution < -0.4 is 15.4 Å². The van der Waals surface area contributed by atoms with Crippen LogP contribution in [0.5, 0.6) is 5.75 Å². The summed E-state index contributed by atoms with van der Waals surface area (Å²) in [6, 6.07) is 10.4. The van der Waals surface area contributed by atoms with Crippen molar-refractivity contribution in [3.05, 3.63) is 54.0 Å².